The van der Waals surface area contributed by atoms with Crippen LogP contribution in [-0.2, 0) is 6.42 Å². The summed E-state index contributed by atoms with van der Waals surface area (Å²) in [5, 5.41) is 1.49. The molecule has 0 saturated heterocycles. The molecule has 0 spiro atoms. The summed E-state index contributed by atoms with van der Waals surface area (Å²) in [5.74, 6) is 0. The average molecular weight is 147 g/mol. The third-order valence-corrected chi connectivity index (χ3v) is 2.94. The SMILES string of the molecule is c1ccc2c(c1)CCN[Si]2. The zero-order valence-corrected chi connectivity index (χ0v) is 6.72. The average Bonchev–Trinajstić information content (AvgIpc) is 2.05. The normalized spacial score (nSPS) is 16.4. The van der Waals surface area contributed by atoms with Crippen molar-refractivity contribution in [1.29, 1.82) is 0 Å². The number of hydrogen-bond acceptors (Lipinski definition) is 1. The van der Waals surface area contributed by atoms with E-state index in [1.54, 1.807) is 0 Å². The molecular weight excluding hydrogens is 138 g/mol. The summed E-state index contributed by atoms with van der Waals surface area (Å²) in [6, 6.07) is 8.66. The Hall–Kier alpha value is -0.603. The Bertz CT molecular complexity index is 209. The first-order valence-electron chi connectivity index (χ1n) is 3.53. The molecule has 0 unspecified atom stereocenters. The van der Waals surface area contributed by atoms with Crippen molar-refractivity contribution in [3.63, 3.8) is 0 Å². The Morgan fingerprint density at radius 2 is 2.20 bits per heavy atom. The summed E-state index contributed by atoms with van der Waals surface area (Å²) in [7, 11) is 0.823. The van der Waals surface area contributed by atoms with Crippen LogP contribution in [0.5, 0.6) is 0 Å². The molecule has 0 aromatic heterocycles. The molecule has 50 valence electrons. The van der Waals surface area contributed by atoms with Gasteiger partial charge >= 0.3 is 0 Å². The van der Waals surface area contributed by atoms with Crippen molar-refractivity contribution in [2.24, 2.45) is 0 Å². The maximum absolute atomic E-state index is 3.37. The minimum Gasteiger partial charge on any atom is -0.335 e. The van der Waals surface area contributed by atoms with Crippen molar-refractivity contribution in [2.75, 3.05) is 6.54 Å². The molecule has 10 heavy (non-hydrogen) atoms. The van der Waals surface area contributed by atoms with Crippen LogP contribution < -0.4 is 10.2 Å². The standard InChI is InChI=1S/C8H9NSi/c1-2-4-8-7(3-1)5-6-9-10-8/h1-4,9H,5-6H2. The molecule has 0 amide bonds. The lowest BCUT2D eigenvalue weighted by Crippen LogP contribution is -2.39. The van der Waals surface area contributed by atoms with Gasteiger partial charge in [0.05, 0.1) is 0 Å². The van der Waals surface area contributed by atoms with E-state index in [1.165, 1.54) is 17.2 Å². The van der Waals surface area contributed by atoms with E-state index in [9.17, 15) is 0 Å². The number of rotatable bonds is 0. The summed E-state index contributed by atoms with van der Waals surface area (Å²) in [6.07, 6.45) is 1.20. The second kappa shape index (κ2) is 2.56. The van der Waals surface area contributed by atoms with E-state index in [1.807, 2.05) is 0 Å². The number of nitrogens with one attached hydrogen (secondary N) is 1. The third kappa shape index (κ3) is 1.00. The van der Waals surface area contributed by atoms with Crippen LogP contribution in [0.4, 0.5) is 0 Å². The second-order valence-electron chi connectivity index (χ2n) is 2.46. The first-order valence-corrected chi connectivity index (χ1v) is 4.53. The Balaban J connectivity index is 2.41. The van der Waals surface area contributed by atoms with Gasteiger partial charge in [-0.15, -0.1) is 0 Å². The van der Waals surface area contributed by atoms with E-state index in [4.69, 9.17) is 0 Å². The highest BCUT2D eigenvalue weighted by Crippen LogP contribution is 1.98. The smallest absolute Gasteiger partial charge is 0.179 e. The van der Waals surface area contributed by atoms with E-state index < -0.39 is 0 Å². The molecule has 1 aromatic carbocycles. The summed E-state index contributed by atoms with van der Waals surface area (Å²) < 4.78 is 0. The van der Waals surface area contributed by atoms with Gasteiger partial charge in [0.15, 0.2) is 9.68 Å². The highest BCUT2D eigenvalue weighted by molar-refractivity contribution is 6.51. The molecule has 2 heteroatoms. The van der Waals surface area contributed by atoms with Crippen LogP contribution in [0.25, 0.3) is 0 Å². The van der Waals surface area contributed by atoms with Gasteiger partial charge in [0, 0.05) is 0 Å². The fraction of sp³-hybridized carbons (Fsp3) is 0.250. The van der Waals surface area contributed by atoms with Crippen molar-refractivity contribution in [3.05, 3.63) is 29.8 Å². The minimum atomic E-state index is 0.823. The fourth-order valence-corrected chi connectivity index (χ4v) is 2.20. The van der Waals surface area contributed by atoms with Gasteiger partial charge in [0.1, 0.15) is 0 Å². The maximum Gasteiger partial charge on any atom is 0.179 e. The molecule has 1 aliphatic heterocycles. The highest BCUT2D eigenvalue weighted by atomic mass is 28.2. The van der Waals surface area contributed by atoms with Crippen LogP contribution in [0.15, 0.2) is 24.3 Å². The molecule has 2 rings (SSSR count). The topological polar surface area (TPSA) is 12.0 Å². The van der Waals surface area contributed by atoms with E-state index in [0.29, 0.717) is 0 Å². The highest BCUT2D eigenvalue weighted by Gasteiger charge is 2.06. The fourth-order valence-electron chi connectivity index (χ4n) is 1.22. The first-order chi connectivity index (χ1) is 4.97. The van der Waals surface area contributed by atoms with Crippen molar-refractivity contribution in [3.8, 4) is 0 Å². The van der Waals surface area contributed by atoms with Crippen LogP contribution in [0.1, 0.15) is 5.56 Å². The molecular formula is C8H9NSi. The van der Waals surface area contributed by atoms with Crippen LogP contribution in [0.2, 0.25) is 0 Å². The lowest BCUT2D eigenvalue weighted by atomic mass is 10.1. The van der Waals surface area contributed by atoms with Gasteiger partial charge in [-0.2, -0.15) is 0 Å². The Labute approximate surface area is 63.4 Å². The number of fused-ring (bicyclic) bond motifs is 1. The molecule has 2 radical (unpaired) electrons. The van der Waals surface area contributed by atoms with Gasteiger partial charge in [-0.25, -0.2) is 0 Å². The predicted molar refractivity (Wildman–Crippen MR) is 43.5 cm³/mol. The van der Waals surface area contributed by atoms with Gasteiger partial charge in [-0.05, 0) is 23.7 Å². The molecule has 0 atom stereocenters. The molecule has 1 nitrogen and oxygen atoms in total. The van der Waals surface area contributed by atoms with E-state index in [0.717, 1.165) is 16.2 Å². The molecule has 0 fully saturated rings. The third-order valence-electron chi connectivity index (χ3n) is 1.76. The monoisotopic (exact) mass is 147 g/mol. The summed E-state index contributed by atoms with van der Waals surface area (Å²) in [6.45, 7) is 1.15. The quantitative estimate of drug-likeness (QED) is 0.512. The lowest BCUT2D eigenvalue weighted by molar-refractivity contribution is 0.879. The van der Waals surface area contributed by atoms with Crippen LogP contribution >= 0.6 is 0 Å². The van der Waals surface area contributed by atoms with Gasteiger partial charge in [-0.3, -0.25) is 0 Å². The Morgan fingerprint density at radius 3 is 3.10 bits per heavy atom. The van der Waals surface area contributed by atoms with E-state index in [-0.39, 0.29) is 0 Å². The molecule has 0 saturated carbocycles. The van der Waals surface area contributed by atoms with Gasteiger partial charge in [0.2, 0.25) is 0 Å². The van der Waals surface area contributed by atoms with Gasteiger partial charge in [-0.1, -0.05) is 24.3 Å². The van der Waals surface area contributed by atoms with Gasteiger partial charge < -0.3 is 4.98 Å². The molecule has 1 aromatic rings. The maximum atomic E-state index is 3.37. The first kappa shape index (κ1) is 6.13. The van der Waals surface area contributed by atoms with Crippen LogP contribution in [0, 0.1) is 0 Å². The second-order valence-corrected chi connectivity index (χ2v) is 3.60. The van der Waals surface area contributed by atoms with E-state index in [2.05, 4.69) is 29.2 Å². The number of hydrogen-bond donors (Lipinski definition) is 1. The van der Waals surface area contributed by atoms with Gasteiger partial charge in [0.25, 0.3) is 0 Å². The lowest BCUT2D eigenvalue weighted by Gasteiger charge is -2.14. The van der Waals surface area contributed by atoms with Crippen LogP contribution in [-0.4, -0.2) is 16.2 Å². The predicted octanol–water partition coefficient (Wildman–Crippen LogP) is 0.0768. The zero-order chi connectivity index (χ0) is 6.81. The molecule has 1 heterocycles. The van der Waals surface area contributed by atoms with Crippen LogP contribution in [0.3, 0.4) is 0 Å². The molecule has 0 bridgehead atoms. The summed E-state index contributed by atoms with van der Waals surface area (Å²) in [4.78, 5) is 3.37. The van der Waals surface area contributed by atoms with Crippen molar-refractivity contribution in [1.82, 2.24) is 4.98 Å². The van der Waals surface area contributed by atoms with Crippen molar-refractivity contribution < 1.29 is 0 Å². The Kier molecular flexibility index (Phi) is 1.57. The molecule has 0 aliphatic carbocycles. The van der Waals surface area contributed by atoms with Crippen molar-refractivity contribution in [2.45, 2.75) is 6.42 Å². The van der Waals surface area contributed by atoms with E-state index >= 15 is 0 Å². The minimum absolute atomic E-state index is 0.823. The summed E-state index contributed by atoms with van der Waals surface area (Å²) >= 11 is 0. The zero-order valence-electron chi connectivity index (χ0n) is 5.72. The van der Waals surface area contributed by atoms with Crippen molar-refractivity contribution >= 4 is 14.9 Å². The largest absolute Gasteiger partial charge is 0.335 e. The molecule has 1 aliphatic rings. The summed E-state index contributed by atoms with van der Waals surface area (Å²) in [5.41, 5.74) is 1.53. The molecule has 1 N–H and O–H groups in total. The number of benzene rings is 1. The Morgan fingerprint density at radius 1 is 1.30 bits per heavy atom.